The highest BCUT2D eigenvalue weighted by molar-refractivity contribution is 5.28. The van der Waals surface area contributed by atoms with Gasteiger partial charge in [0, 0.05) is 24.3 Å². The largest absolute Gasteiger partial charge is 0.436 e. The van der Waals surface area contributed by atoms with Crippen LogP contribution >= 0.6 is 0 Å². The highest BCUT2D eigenvalue weighted by Gasteiger charge is 2.06. The third-order valence-electron chi connectivity index (χ3n) is 2.55. The van der Waals surface area contributed by atoms with Crippen LogP contribution in [-0.4, -0.2) is 14.8 Å². The Morgan fingerprint density at radius 1 is 1.39 bits per heavy atom. The van der Waals surface area contributed by atoms with Gasteiger partial charge in [0.25, 0.3) is 0 Å². The molecule has 0 fully saturated rings. The van der Waals surface area contributed by atoms with Crippen molar-refractivity contribution in [2.45, 2.75) is 33.4 Å². The number of ether oxygens (including phenoxy) is 1. The molecule has 0 bridgehead atoms. The molecule has 0 aliphatic carbocycles. The van der Waals surface area contributed by atoms with Crippen molar-refractivity contribution in [3.05, 3.63) is 35.8 Å². The molecule has 5 heteroatoms. The van der Waals surface area contributed by atoms with Gasteiger partial charge in [-0.15, -0.1) is 0 Å². The molecule has 0 radical (unpaired) electrons. The zero-order valence-electron chi connectivity index (χ0n) is 10.9. The van der Waals surface area contributed by atoms with Crippen LogP contribution in [0.25, 0.3) is 0 Å². The predicted octanol–water partition coefficient (Wildman–Crippen LogP) is 2.42. The summed E-state index contributed by atoms with van der Waals surface area (Å²) in [5.74, 6) is 1.24. The van der Waals surface area contributed by atoms with E-state index >= 15 is 0 Å². The molecule has 2 heterocycles. The maximum atomic E-state index is 5.68. The van der Waals surface area contributed by atoms with Crippen molar-refractivity contribution < 1.29 is 4.74 Å². The van der Waals surface area contributed by atoms with E-state index in [1.165, 1.54) is 0 Å². The summed E-state index contributed by atoms with van der Waals surface area (Å²) in [7, 11) is 0. The Kier molecular flexibility index (Phi) is 3.62. The zero-order chi connectivity index (χ0) is 13.1. The predicted molar refractivity (Wildman–Crippen MR) is 69.6 cm³/mol. The van der Waals surface area contributed by atoms with Gasteiger partial charge in [0.15, 0.2) is 5.75 Å². The molecule has 0 saturated heterocycles. The lowest BCUT2D eigenvalue weighted by molar-refractivity contribution is 0.457. The summed E-state index contributed by atoms with van der Waals surface area (Å²) >= 11 is 0. The van der Waals surface area contributed by atoms with Gasteiger partial charge in [0.1, 0.15) is 0 Å². The monoisotopic (exact) mass is 246 g/mol. The number of rotatable bonds is 4. The maximum absolute atomic E-state index is 5.68. The minimum Gasteiger partial charge on any atom is -0.436 e. The quantitative estimate of drug-likeness (QED) is 0.899. The van der Waals surface area contributed by atoms with Crippen LogP contribution in [0.4, 0.5) is 0 Å². The molecule has 0 atom stereocenters. The third kappa shape index (κ3) is 2.87. The lowest BCUT2D eigenvalue weighted by Crippen LogP contribution is -2.00. The molecule has 5 nitrogen and oxygen atoms in total. The molecule has 2 aromatic heterocycles. The number of pyridine rings is 1. The van der Waals surface area contributed by atoms with Gasteiger partial charge in [-0.1, -0.05) is 0 Å². The fraction of sp³-hybridized carbons (Fsp3) is 0.385. The van der Waals surface area contributed by atoms with Crippen molar-refractivity contribution in [1.29, 1.82) is 0 Å². The highest BCUT2D eigenvalue weighted by atomic mass is 16.5. The summed E-state index contributed by atoms with van der Waals surface area (Å²) in [6.45, 7) is 6.52. The zero-order valence-corrected chi connectivity index (χ0v) is 10.9. The SMILES string of the molecule is Cc1cc(CN)cc(Oc2cnn(C(C)C)c2)n1. The van der Waals surface area contributed by atoms with E-state index in [4.69, 9.17) is 10.5 Å². The van der Waals surface area contributed by atoms with E-state index in [2.05, 4.69) is 23.9 Å². The van der Waals surface area contributed by atoms with Crippen molar-refractivity contribution in [2.24, 2.45) is 5.73 Å². The number of aryl methyl sites for hydroxylation is 1. The second-order valence-electron chi connectivity index (χ2n) is 4.51. The molecule has 2 N–H and O–H groups in total. The van der Waals surface area contributed by atoms with Gasteiger partial charge in [-0.05, 0) is 32.4 Å². The van der Waals surface area contributed by atoms with E-state index in [-0.39, 0.29) is 0 Å². The van der Waals surface area contributed by atoms with Gasteiger partial charge in [-0.3, -0.25) is 4.68 Å². The first kappa shape index (κ1) is 12.6. The maximum Gasteiger partial charge on any atom is 0.219 e. The molecule has 0 aliphatic heterocycles. The van der Waals surface area contributed by atoms with Gasteiger partial charge in [-0.25, -0.2) is 4.98 Å². The van der Waals surface area contributed by atoms with Crippen LogP contribution < -0.4 is 10.5 Å². The minimum atomic E-state index is 0.312. The summed E-state index contributed by atoms with van der Waals surface area (Å²) in [6, 6.07) is 4.11. The normalized spacial score (nSPS) is 10.9. The van der Waals surface area contributed by atoms with Crippen molar-refractivity contribution in [2.75, 3.05) is 0 Å². The van der Waals surface area contributed by atoms with E-state index < -0.39 is 0 Å². The summed E-state index contributed by atoms with van der Waals surface area (Å²) in [6.07, 6.45) is 3.54. The van der Waals surface area contributed by atoms with Gasteiger partial charge < -0.3 is 10.5 Å². The Labute approximate surface area is 107 Å². The third-order valence-corrected chi connectivity index (χ3v) is 2.55. The molecule has 0 spiro atoms. The van der Waals surface area contributed by atoms with E-state index in [1.54, 1.807) is 6.20 Å². The molecule has 0 unspecified atom stereocenters. The van der Waals surface area contributed by atoms with Crippen molar-refractivity contribution in [3.8, 4) is 11.6 Å². The van der Waals surface area contributed by atoms with Crippen molar-refractivity contribution >= 4 is 0 Å². The van der Waals surface area contributed by atoms with Crippen LogP contribution in [-0.2, 0) is 6.54 Å². The number of aromatic nitrogens is 3. The first-order valence-corrected chi connectivity index (χ1v) is 5.98. The summed E-state index contributed by atoms with van der Waals surface area (Å²) < 4.78 is 7.52. The van der Waals surface area contributed by atoms with Crippen LogP contribution in [0.3, 0.4) is 0 Å². The molecule has 2 rings (SSSR count). The topological polar surface area (TPSA) is 66.0 Å². The molecule has 2 aromatic rings. The molecule has 96 valence electrons. The number of hydrogen-bond donors (Lipinski definition) is 1. The molecule has 0 aliphatic rings. The molecular formula is C13H18N4O. The van der Waals surface area contributed by atoms with E-state index in [1.807, 2.05) is 29.9 Å². The van der Waals surface area contributed by atoms with Crippen molar-refractivity contribution in [1.82, 2.24) is 14.8 Å². The van der Waals surface area contributed by atoms with Crippen LogP contribution in [0, 0.1) is 6.92 Å². The van der Waals surface area contributed by atoms with Crippen LogP contribution in [0.2, 0.25) is 0 Å². The molecular weight excluding hydrogens is 228 g/mol. The minimum absolute atomic E-state index is 0.312. The van der Waals surface area contributed by atoms with E-state index in [9.17, 15) is 0 Å². The first-order valence-electron chi connectivity index (χ1n) is 5.98. The van der Waals surface area contributed by atoms with Gasteiger partial charge in [-0.2, -0.15) is 5.10 Å². The van der Waals surface area contributed by atoms with Crippen LogP contribution in [0.5, 0.6) is 11.6 Å². The number of hydrogen-bond acceptors (Lipinski definition) is 4. The van der Waals surface area contributed by atoms with Gasteiger partial charge in [0.05, 0.1) is 12.4 Å². The summed E-state index contributed by atoms with van der Waals surface area (Å²) in [5, 5.41) is 4.22. The Bertz CT molecular complexity index is 534. The smallest absolute Gasteiger partial charge is 0.219 e. The average Bonchev–Trinajstić information content (AvgIpc) is 2.76. The summed E-state index contributed by atoms with van der Waals surface area (Å²) in [5.41, 5.74) is 7.53. The molecule has 0 aromatic carbocycles. The Morgan fingerprint density at radius 3 is 2.78 bits per heavy atom. The van der Waals surface area contributed by atoms with Crippen molar-refractivity contribution in [3.63, 3.8) is 0 Å². The average molecular weight is 246 g/mol. The first-order chi connectivity index (χ1) is 8.58. The molecule has 0 amide bonds. The standard InChI is InChI=1S/C13H18N4O/c1-9(2)17-8-12(7-15-17)18-13-5-11(6-14)4-10(3)16-13/h4-5,7-9H,6,14H2,1-3H3. The lowest BCUT2D eigenvalue weighted by Gasteiger charge is -2.06. The second kappa shape index (κ2) is 5.18. The molecule has 18 heavy (non-hydrogen) atoms. The second-order valence-corrected chi connectivity index (χ2v) is 4.51. The fourth-order valence-corrected chi connectivity index (χ4v) is 1.65. The van der Waals surface area contributed by atoms with Gasteiger partial charge >= 0.3 is 0 Å². The van der Waals surface area contributed by atoms with E-state index in [0.717, 1.165) is 11.3 Å². The lowest BCUT2D eigenvalue weighted by atomic mass is 10.2. The number of nitrogens with zero attached hydrogens (tertiary/aromatic N) is 3. The van der Waals surface area contributed by atoms with Gasteiger partial charge in [0.2, 0.25) is 5.88 Å². The summed E-state index contributed by atoms with van der Waals surface area (Å²) in [4.78, 5) is 4.32. The fourth-order valence-electron chi connectivity index (χ4n) is 1.65. The van der Waals surface area contributed by atoms with Crippen LogP contribution in [0.15, 0.2) is 24.5 Å². The molecule has 0 saturated carbocycles. The Morgan fingerprint density at radius 2 is 2.17 bits per heavy atom. The van der Waals surface area contributed by atoms with Crippen LogP contribution in [0.1, 0.15) is 31.1 Å². The van der Waals surface area contributed by atoms with E-state index in [0.29, 0.717) is 24.2 Å². The number of nitrogens with two attached hydrogens (primary N) is 1. The Balaban J connectivity index is 2.19. The Hall–Kier alpha value is -1.88. The highest BCUT2D eigenvalue weighted by Crippen LogP contribution is 2.21.